The number of hydrogen-bond acceptors (Lipinski definition) is 9. The molecule has 0 aliphatic heterocycles. The molecule has 0 heterocycles. The molecule has 3 atom stereocenters. The Bertz CT molecular complexity index is 1250. The molecule has 0 radical (unpaired) electrons. The van der Waals surface area contributed by atoms with Crippen LogP contribution in [0.1, 0.15) is 136 Å². The average Bonchev–Trinajstić information content (AvgIpc) is 3.18. The fourth-order valence-corrected chi connectivity index (χ4v) is 5.70. The molecule has 0 aromatic heterocycles. The molecule has 10 nitrogen and oxygen atoms in total. The van der Waals surface area contributed by atoms with E-state index in [2.05, 4.69) is 68.5 Å². The van der Waals surface area contributed by atoms with Gasteiger partial charge < -0.3 is 25.2 Å². The number of ether oxygens (including phenoxy) is 2. The highest BCUT2D eigenvalue weighted by Crippen LogP contribution is 2.43. The van der Waals surface area contributed by atoms with Crippen molar-refractivity contribution in [3.63, 3.8) is 0 Å². The monoisotopic (exact) mass is 804 g/mol. The largest absolute Gasteiger partial charge is 0.472 e. The Morgan fingerprint density at radius 1 is 0.643 bits per heavy atom. The molecule has 0 saturated carbocycles. The lowest BCUT2D eigenvalue weighted by Crippen LogP contribution is -2.29. The minimum absolute atomic E-state index is 0.0270. The smallest absolute Gasteiger partial charge is 0.462 e. The second kappa shape index (κ2) is 40.1. The topological polar surface area (TPSA) is 155 Å². The molecule has 0 aromatic carbocycles. The van der Waals surface area contributed by atoms with Crippen LogP contribution in [0.2, 0.25) is 0 Å². The number of unbranched alkanes of at least 4 members (excludes halogenated alkanes) is 8. The summed E-state index contributed by atoms with van der Waals surface area (Å²) in [5.41, 5.74) is 5.33. The summed E-state index contributed by atoms with van der Waals surface area (Å²) in [6, 6.07) is 0. The first kappa shape index (κ1) is 52.9. The number of allylic oxidation sites excluding steroid dienone is 14. The van der Waals surface area contributed by atoms with E-state index in [1.54, 1.807) is 6.08 Å². The summed E-state index contributed by atoms with van der Waals surface area (Å²) in [7, 11) is -4.42. The quantitative estimate of drug-likeness (QED) is 0.0182. The minimum Gasteiger partial charge on any atom is -0.462 e. The summed E-state index contributed by atoms with van der Waals surface area (Å²) in [4.78, 5) is 34.8. The van der Waals surface area contributed by atoms with E-state index in [4.69, 9.17) is 24.3 Å². The Balaban J connectivity index is 4.41. The molecular weight excluding hydrogens is 729 g/mol. The lowest BCUT2D eigenvalue weighted by Gasteiger charge is -2.19. The molecule has 11 heteroatoms. The number of aliphatic hydroxyl groups excluding tert-OH is 1. The second-order valence-corrected chi connectivity index (χ2v) is 14.8. The lowest BCUT2D eigenvalue weighted by atomic mass is 10.1. The van der Waals surface area contributed by atoms with Crippen molar-refractivity contribution in [2.75, 3.05) is 26.4 Å². The van der Waals surface area contributed by atoms with Crippen LogP contribution in [0.4, 0.5) is 0 Å². The van der Waals surface area contributed by atoms with Crippen LogP contribution in [0.25, 0.3) is 0 Å². The van der Waals surface area contributed by atoms with Gasteiger partial charge in [-0.2, -0.15) is 0 Å². The van der Waals surface area contributed by atoms with Crippen LogP contribution >= 0.6 is 7.82 Å². The fraction of sp³-hybridized carbons (Fsp3) is 0.600. The molecule has 0 fully saturated rings. The van der Waals surface area contributed by atoms with Crippen molar-refractivity contribution in [1.29, 1.82) is 0 Å². The SMILES string of the molecule is CC/C=C\C/C=C\C/C=C\C/C=C\CCCCCCC(=O)O[C@H](COC(=O)CCC/C=C\C/C=C\C=C\[C@H](O)C/C=C\CCCCC)COP(=O)(O)OCCN. The third kappa shape index (κ3) is 39.1. The van der Waals surface area contributed by atoms with E-state index in [1.807, 2.05) is 36.5 Å². The second-order valence-electron chi connectivity index (χ2n) is 13.3. The Morgan fingerprint density at radius 2 is 1.21 bits per heavy atom. The molecule has 0 aliphatic rings. The van der Waals surface area contributed by atoms with Crippen LogP contribution in [-0.4, -0.2) is 60.5 Å². The average molecular weight is 804 g/mol. The Kier molecular flexibility index (Phi) is 37.9. The molecule has 0 aromatic rings. The number of phosphoric acid groups is 1. The summed E-state index contributed by atoms with van der Waals surface area (Å²) < 4.78 is 32.6. The third-order valence-electron chi connectivity index (χ3n) is 8.03. The van der Waals surface area contributed by atoms with Gasteiger partial charge in [-0.05, 0) is 83.5 Å². The maximum absolute atomic E-state index is 12.6. The van der Waals surface area contributed by atoms with Gasteiger partial charge >= 0.3 is 19.8 Å². The first-order valence-electron chi connectivity index (χ1n) is 20.8. The first-order valence-corrected chi connectivity index (χ1v) is 22.3. The maximum atomic E-state index is 12.6. The van der Waals surface area contributed by atoms with Crippen molar-refractivity contribution in [1.82, 2.24) is 0 Å². The number of aliphatic hydroxyl groups is 1. The molecule has 0 aliphatic carbocycles. The van der Waals surface area contributed by atoms with Crippen LogP contribution in [0, 0.1) is 0 Å². The molecule has 0 amide bonds. The molecule has 0 saturated heterocycles. The van der Waals surface area contributed by atoms with Crippen LogP contribution in [0.5, 0.6) is 0 Å². The van der Waals surface area contributed by atoms with Crippen LogP contribution in [0.15, 0.2) is 97.2 Å². The summed E-state index contributed by atoms with van der Waals surface area (Å²) in [6.07, 6.45) is 47.5. The highest BCUT2D eigenvalue weighted by atomic mass is 31.2. The fourth-order valence-electron chi connectivity index (χ4n) is 4.94. The van der Waals surface area contributed by atoms with Crippen LogP contribution in [-0.2, 0) is 32.7 Å². The first-order chi connectivity index (χ1) is 27.2. The van der Waals surface area contributed by atoms with Gasteiger partial charge in [0.1, 0.15) is 6.61 Å². The summed E-state index contributed by atoms with van der Waals surface area (Å²) >= 11 is 0. The summed E-state index contributed by atoms with van der Waals surface area (Å²) in [6.45, 7) is 3.37. The Hall–Kier alpha value is -3.11. The van der Waals surface area contributed by atoms with Crippen molar-refractivity contribution in [2.24, 2.45) is 5.73 Å². The normalized spacial score (nSPS) is 14.9. The van der Waals surface area contributed by atoms with Gasteiger partial charge in [0.05, 0.1) is 19.3 Å². The summed E-state index contributed by atoms with van der Waals surface area (Å²) in [5, 5.41) is 10.0. The Morgan fingerprint density at radius 3 is 1.88 bits per heavy atom. The van der Waals surface area contributed by atoms with E-state index in [0.717, 1.165) is 64.2 Å². The molecule has 1 unspecified atom stereocenters. The van der Waals surface area contributed by atoms with Gasteiger partial charge in [-0.3, -0.25) is 18.6 Å². The predicted molar refractivity (Wildman–Crippen MR) is 230 cm³/mol. The summed E-state index contributed by atoms with van der Waals surface area (Å²) in [5.74, 6) is -0.973. The van der Waals surface area contributed by atoms with Gasteiger partial charge in [0.2, 0.25) is 0 Å². The van der Waals surface area contributed by atoms with E-state index < -0.39 is 38.6 Å². The number of rotatable bonds is 37. The van der Waals surface area contributed by atoms with E-state index in [0.29, 0.717) is 25.7 Å². The standard InChI is InChI=1S/C45H74NO9P/c1-3-5-7-9-11-12-13-14-15-16-17-18-19-20-25-29-33-37-45(49)55-43(41-54-56(50,51)53-39-38-46)40-52-44(48)36-32-28-24-22-21-23-27-31-35-42(47)34-30-26-10-8-6-4-2/h5,7,11-12,14-15,17-18,22-24,26-27,30-31,35,42-43,47H,3-4,6,8-10,13,16,19-21,25,28-29,32-34,36-41,46H2,1-2H3,(H,50,51)/b7-5-,12-11-,15-14-,18-17-,24-22-,27-23-,30-26-,35-31+/t42-,43-/m1/s1. The van der Waals surface area contributed by atoms with Gasteiger partial charge in [-0.15, -0.1) is 0 Å². The van der Waals surface area contributed by atoms with Crippen molar-refractivity contribution in [3.05, 3.63) is 97.2 Å². The van der Waals surface area contributed by atoms with E-state index in [-0.39, 0.29) is 32.6 Å². The van der Waals surface area contributed by atoms with E-state index in [9.17, 15) is 24.2 Å². The van der Waals surface area contributed by atoms with Crippen molar-refractivity contribution >= 4 is 19.8 Å². The molecule has 0 rings (SSSR count). The predicted octanol–water partition coefficient (Wildman–Crippen LogP) is 10.8. The van der Waals surface area contributed by atoms with Crippen molar-refractivity contribution in [2.45, 2.75) is 148 Å². The Labute approximate surface area is 339 Å². The highest BCUT2D eigenvalue weighted by molar-refractivity contribution is 7.47. The zero-order valence-corrected chi connectivity index (χ0v) is 35.3. The van der Waals surface area contributed by atoms with Crippen molar-refractivity contribution < 1.29 is 42.7 Å². The molecular formula is C45H74NO9P. The van der Waals surface area contributed by atoms with E-state index >= 15 is 0 Å². The lowest BCUT2D eigenvalue weighted by molar-refractivity contribution is -0.161. The number of carbonyl (C=O) groups is 2. The van der Waals surface area contributed by atoms with Gasteiger partial charge in [0.15, 0.2) is 6.10 Å². The van der Waals surface area contributed by atoms with Crippen molar-refractivity contribution in [3.8, 4) is 0 Å². The molecule has 56 heavy (non-hydrogen) atoms. The maximum Gasteiger partial charge on any atom is 0.472 e. The zero-order chi connectivity index (χ0) is 41.2. The molecule has 318 valence electrons. The van der Waals surface area contributed by atoms with Gasteiger partial charge in [-0.1, -0.05) is 137 Å². The van der Waals surface area contributed by atoms with Gasteiger partial charge in [0.25, 0.3) is 0 Å². The van der Waals surface area contributed by atoms with Crippen LogP contribution < -0.4 is 5.73 Å². The minimum atomic E-state index is -4.42. The zero-order valence-electron chi connectivity index (χ0n) is 34.4. The molecule has 4 N–H and O–H groups in total. The number of carbonyl (C=O) groups excluding carboxylic acids is 2. The number of esters is 2. The molecule has 0 bridgehead atoms. The highest BCUT2D eigenvalue weighted by Gasteiger charge is 2.25. The number of phosphoric ester groups is 1. The molecule has 0 spiro atoms. The number of nitrogens with two attached hydrogens (primary N) is 1. The number of hydrogen-bond donors (Lipinski definition) is 3. The van der Waals surface area contributed by atoms with E-state index in [1.165, 1.54) is 19.3 Å². The van der Waals surface area contributed by atoms with Crippen LogP contribution in [0.3, 0.4) is 0 Å². The third-order valence-corrected chi connectivity index (χ3v) is 9.02. The van der Waals surface area contributed by atoms with Gasteiger partial charge in [-0.25, -0.2) is 4.57 Å². The van der Waals surface area contributed by atoms with Gasteiger partial charge in [0, 0.05) is 19.4 Å².